The Morgan fingerprint density at radius 2 is 1.93 bits per heavy atom. The minimum absolute atomic E-state index is 0.0992. The van der Waals surface area contributed by atoms with E-state index in [0.29, 0.717) is 0 Å². The van der Waals surface area contributed by atoms with Crippen LogP contribution in [0, 0.1) is 17.5 Å². The number of hydrogen-bond acceptors (Lipinski definition) is 7. The number of rotatable bonds is 7. The number of esters is 2. The molecule has 10 heteroatoms. The highest BCUT2D eigenvalue weighted by Gasteiger charge is 2.26. The number of nitrogens with zero attached hydrogens (tertiary/aromatic N) is 1. The molecule has 0 amide bonds. The SMILES string of the molecule is CCOC(=O)/C(C=NC(C)CO)=C(/O)c1cc(F)c(F)c(OC(C)=O)c1F. The van der Waals surface area contributed by atoms with Crippen molar-refractivity contribution in [3.05, 3.63) is 34.7 Å². The van der Waals surface area contributed by atoms with E-state index < -0.39 is 58.1 Å². The zero-order chi connectivity index (χ0) is 20.7. The lowest BCUT2D eigenvalue weighted by Crippen LogP contribution is -2.14. The second-order valence-corrected chi connectivity index (χ2v) is 5.25. The van der Waals surface area contributed by atoms with Crippen LogP contribution in [0.5, 0.6) is 5.75 Å². The first-order valence-electron chi connectivity index (χ1n) is 7.74. The van der Waals surface area contributed by atoms with E-state index >= 15 is 0 Å². The Morgan fingerprint density at radius 1 is 1.30 bits per heavy atom. The first-order chi connectivity index (χ1) is 12.6. The van der Waals surface area contributed by atoms with E-state index in [4.69, 9.17) is 9.84 Å². The van der Waals surface area contributed by atoms with Gasteiger partial charge in [0.25, 0.3) is 0 Å². The Hall–Kier alpha value is -2.88. The predicted molar refractivity (Wildman–Crippen MR) is 88.8 cm³/mol. The van der Waals surface area contributed by atoms with Crippen molar-refractivity contribution in [3.8, 4) is 5.75 Å². The van der Waals surface area contributed by atoms with Crippen LogP contribution in [0.15, 0.2) is 16.6 Å². The lowest BCUT2D eigenvalue weighted by molar-refractivity contribution is -0.138. The van der Waals surface area contributed by atoms with Gasteiger partial charge in [-0.15, -0.1) is 0 Å². The molecule has 1 aromatic carbocycles. The molecule has 0 aliphatic carbocycles. The third-order valence-electron chi connectivity index (χ3n) is 3.09. The van der Waals surface area contributed by atoms with Crippen molar-refractivity contribution in [2.45, 2.75) is 26.8 Å². The van der Waals surface area contributed by atoms with Crippen molar-refractivity contribution in [1.29, 1.82) is 0 Å². The summed E-state index contributed by atoms with van der Waals surface area (Å²) in [5.41, 5.74) is -1.62. The summed E-state index contributed by atoms with van der Waals surface area (Å²) < 4.78 is 51.0. The van der Waals surface area contributed by atoms with Gasteiger partial charge in [-0.25, -0.2) is 13.6 Å². The van der Waals surface area contributed by atoms with E-state index in [1.807, 2.05) is 0 Å². The van der Waals surface area contributed by atoms with Gasteiger partial charge in [-0.2, -0.15) is 4.39 Å². The summed E-state index contributed by atoms with van der Waals surface area (Å²) in [4.78, 5) is 26.8. The summed E-state index contributed by atoms with van der Waals surface area (Å²) in [6.07, 6.45) is 0.806. The van der Waals surface area contributed by atoms with Crippen LogP contribution in [0.3, 0.4) is 0 Å². The van der Waals surface area contributed by atoms with Gasteiger partial charge in [0, 0.05) is 13.1 Å². The first kappa shape index (κ1) is 22.2. The van der Waals surface area contributed by atoms with Crippen LogP contribution in [-0.2, 0) is 14.3 Å². The molecule has 0 bridgehead atoms. The van der Waals surface area contributed by atoms with Crippen LogP contribution >= 0.6 is 0 Å². The average Bonchev–Trinajstić information content (AvgIpc) is 2.61. The van der Waals surface area contributed by atoms with Crippen molar-refractivity contribution in [2.75, 3.05) is 13.2 Å². The number of ether oxygens (including phenoxy) is 2. The molecule has 1 aromatic rings. The van der Waals surface area contributed by atoms with Gasteiger partial charge in [-0.3, -0.25) is 9.79 Å². The molecule has 7 nitrogen and oxygen atoms in total. The Balaban J connectivity index is 3.64. The maximum Gasteiger partial charge on any atom is 0.343 e. The largest absolute Gasteiger partial charge is 0.506 e. The molecular weight excluding hydrogens is 371 g/mol. The van der Waals surface area contributed by atoms with Crippen molar-refractivity contribution < 1.29 is 42.4 Å². The molecule has 0 fully saturated rings. The van der Waals surface area contributed by atoms with Gasteiger partial charge in [-0.05, 0) is 19.9 Å². The van der Waals surface area contributed by atoms with Crippen molar-refractivity contribution >= 4 is 23.9 Å². The average molecular weight is 389 g/mol. The monoisotopic (exact) mass is 389 g/mol. The topological polar surface area (TPSA) is 105 Å². The number of benzene rings is 1. The fraction of sp³-hybridized carbons (Fsp3) is 0.353. The summed E-state index contributed by atoms with van der Waals surface area (Å²) in [6.45, 7) is 3.30. The second-order valence-electron chi connectivity index (χ2n) is 5.25. The quantitative estimate of drug-likeness (QED) is 0.185. The summed E-state index contributed by atoms with van der Waals surface area (Å²) in [7, 11) is 0. The number of aliphatic hydroxyl groups is 2. The maximum atomic E-state index is 14.5. The maximum absolute atomic E-state index is 14.5. The molecular formula is C17H18F3NO6. The van der Waals surface area contributed by atoms with E-state index in [1.165, 1.54) is 13.8 Å². The Labute approximate surface area is 152 Å². The molecule has 0 radical (unpaired) electrons. The molecule has 1 atom stereocenters. The lowest BCUT2D eigenvalue weighted by atomic mass is 10.1. The van der Waals surface area contributed by atoms with Gasteiger partial charge in [0.05, 0.1) is 24.8 Å². The molecule has 2 N–H and O–H groups in total. The summed E-state index contributed by atoms with van der Waals surface area (Å²) in [5.74, 6) is -9.75. The minimum Gasteiger partial charge on any atom is -0.506 e. The van der Waals surface area contributed by atoms with Crippen LogP contribution < -0.4 is 4.74 Å². The highest BCUT2D eigenvalue weighted by Crippen LogP contribution is 2.31. The molecule has 0 heterocycles. The molecule has 0 aliphatic rings. The number of halogens is 3. The molecule has 1 unspecified atom stereocenters. The third-order valence-corrected chi connectivity index (χ3v) is 3.09. The lowest BCUT2D eigenvalue weighted by Gasteiger charge is -2.12. The van der Waals surface area contributed by atoms with E-state index in [2.05, 4.69) is 9.73 Å². The van der Waals surface area contributed by atoms with Gasteiger partial charge in [0.2, 0.25) is 11.6 Å². The number of aliphatic hydroxyl groups excluding tert-OH is 2. The molecule has 0 aliphatic heterocycles. The van der Waals surface area contributed by atoms with Crippen molar-refractivity contribution in [3.63, 3.8) is 0 Å². The fourth-order valence-corrected chi connectivity index (χ4v) is 1.80. The summed E-state index contributed by atoms with van der Waals surface area (Å²) in [5, 5.41) is 19.2. The molecule has 148 valence electrons. The zero-order valence-electron chi connectivity index (χ0n) is 14.8. The van der Waals surface area contributed by atoms with Crippen LogP contribution in [0.25, 0.3) is 5.76 Å². The fourth-order valence-electron chi connectivity index (χ4n) is 1.80. The normalized spacial score (nSPS) is 13.3. The molecule has 0 saturated heterocycles. The number of aliphatic imine (C=N–C) groups is 1. The molecule has 0 aromatic heterocycles. The van der Waals surface area contributed by atoms with Crippen LogP contribution in [0.4, 0.5) is 13.2 Å². The van der Waals surface area contributed by atoms with Crippen molar-refractivity contribution in [1.82, 2.24) is 0 Å². The van der Waals surface area contributed by atoms with E-state index in [1.54, 1.807) is 0 Å². The highest BCUT2D eigenvalue weighted by atomic mass is 19.2. The van der Waals surface area contributed by atoms with Gasteiger partial charge < -0.3 is 19.7 Å². The van der Waals surface area contributed by atoms with Crippen LogP contribution in [0.1, 0.15) is 26.3 Å². The summed E-state index contributed by atoms with van der Waals surface area (Å²) >= 11 is 0. The van der Waals surface area contributed by atoms with Crippen LogP contribution in [-0.4, -0.2) is 47.6 Å². The van der Waals surface area contributed by atoms with Gasteiger partial charge in [0.15, 0.2) is 11.6 Å². The molecule has 0 spiro atoms. The number of hydrogen-bond donors (Lipinski definition) is 2. The standard InChI is InChI=1S/C17H18F3NO6/c1-4-26-17(25)11(6-21-8(2)7-22)15(24)10-5-12(18)14(20)16(13(10)19)27-9(3)23/h5-6,8,22,24H,4,7H2,1-3H3/b15-11+,21-6?. The van der Waals surface area contributed by atoms with Gasteiger partial charge in [-0.1, -0.05) is 0 Å². The Kier molecular flexibility index (Phi) is 7.98. The van der Waals surface area contributed by atoms with Crippen LogP contribution in [0.2, 0.25) is 0 Å². The zero-order valence-corrected chi connectivity index (χ0v) is 14.8. The van der Waals surface area contributed by atoms with Gasteiger partial charge >= 0.3 is 11.9 Å². The molecule has 0 saturated carbocycles. The first-order valence-corrected chi connectivity index (χ1v) is 7.74. The van der Waals surface area contributed by atoms with E-state index in [0.717, 1.165) is 13.1 Å². The molecule has 1 rings (SSSR count). The molecule has 27 heavy (non-hydrogen) atoms. The number of carbonyl (C=O) groups is 2. The van der Waals surface area contributed by atoms with Crippen molar-refractivity contribution in [2.24, 2.45) is 4.99 Å². The number of carbonyl (C=O) groups excluding carboxylic acids is 2. The Morgan fingerprint density at radius 3 is 2.44 bits per heavy atom. The summed E-state index contributed by atoms with van der Waals surface area (Å²) in [6, 6.07) is -0.385. The smallest absolute Gasteiger partial charge is 0.343 e. The van der Waals surface area contributed by atoms with Gasteiger partial charge in [0.1, 0.15) is 11.3 Å². The van der Waals surface area contributed by atoms with E-state index in [9.17, 15) is 27.9 Å². The van der Waals surface area contributed by atoms with E-state index in [-0.39, 0.29) is 19.3 Å². The third kappa shape index (κ3) is 5.55. The highest BCUT2D eigenvalue weighted by molar-refractivity contribution is 6.15. The second kappa shape index (κ2) is 9.72. The Bertz CT molecular complexity index is 791. The predicted octanol–water partition coefficient (Wildman–Crippen LogP) is 2.31. The minimum atomic E-state index is -1.78.